The van der Waals surface area contributed by atoms with E-state index in [9.17, 15) is 10.1 Å². The highest BCUT2D eigenvalue weighted by molar-refractivity contribution is 9.10. The van der Waals surface area contributed by atoms with Crippen molar-refractivity contribution in [2.24, 2.45) is 5.73 Å². The van der Waals surface area contributed by atoms with Crippen LogP contribution in [0.15, 0.2) is 75.3 Å². The number of aromatic nitrogens is 1. The molecule has 7 heteroatoms. The molecule has 0 unspecified atom stereocenters. The molecule has 3 aromatic rings. The maximum absolute atomic E-state index is 13.8. The van der Waals surface area contributed by atoms with E-state index in [0.717, 1.165) is 15.6 Å². The number of nitrogens with zero attached hydrogens (tertiary/aromatic N) is 2. The van der Waals surface area contributed by atoms with E-state index < -0.39 is 5.92 Å². The van der Waals surface area contributed by atoms with Crippen molar-refractivity contribution in [1.82, 2.24) is 4.57 Å². The summed E-state index contributed by atoms with van der Waals surface area (Å²) in [6, 6.07) is 19.0. The predicted molar refractivity (Wildman–Crippen MR) is 121 cm³/mol. The summed E-state index contributed by atoms with van der Waals surface area (Å²) in [5.74, 6) is 0.446. The van der Waals surface area contributed by atoms with E-state index in [4.69, 9.17) is 15.2 Å². The fraction of sp³-hybridized carbons (Fsp3) is 0.167. The van der Waals surface area contributed by atoms with E-state index in [2.05, 4.69) is 22.0 Å². The van der Waals surface area contributed by atoms with Crippen LogP contribution in [-0.4, -0.2) is 11.7 Å². The average molecular weight is 478 g/mol. The number of halogens is 1. The van der Waals surface area contributed by atoms with Crippen LogP contribution in [0.3, 0.4) is 0 Å². The number of benzene rings is 2. The highest BCUT2D eigenvalue weighted by Crippen LogP contribution is 2.42. The van der Waals surface area contributed by atoms with Gasteiger partial charge in [-0.2, -0.15) is 5.26 Å². The molecule has 0 saturated carbocycles. The highest BCUT2D eigenvalue weighted by Gasteiger charge is 2.35. The number of pyridine rings is 1. The standard InChI is InChI=1S/C24H20BrN3O3/c1-14-11-20-22(24(29)28(14)13-15-7-3-6-10-19(15)30-2)21(17(12-26)23(27)31-20)16-8-4-5-9-18(16)25/h3-11,21H,13,27H2,1-2H3/t21-/m0/s1. The van der Waals surface area contributed by atoms with E-state index >= 15 is 0 Å². The molecule has 6 nitrogen and oxygen atoms in total. The molecular formula is C24H20BrN3O3. The monoisotopic (exact) mass is 477 g/mol. The summed E-state index contributed by atoms with van der Waals surface area (Å²) in [4.78, 5) is 13.8. The molecule has 0 aliphatic carbocycles. The third kappa shape index (κ3) is 3.60. The Labute approximate surface area is 188 Å². The van der Waals surface area contributed by atoms with Gasteiger partial charge < -0.3 is 19.8 Å². The lowest BCUT2D eigenvalue weighted by atomic mass is 9.84. The number of hydrogen-bond acceptors (Lipinski definition) is 5. The molecule has 0 saturated heterocycles. The van der Waals surface area contributed by atoms with E-state index in [1.165, 1.54) is 0 Å². The average Bonchev–Trinajstić information content (AvgIpc) is 2.76. The van der Waals surface area contributed by atoms with Gasteiger partial charge in [0.25, 0.3) is 5.56 Å². The molecule has 2 N–H and O–H groups in total. The van der Waals surface area contributed by atoms with Crippen LogP contribution >= 0.6 is 15.9 Å². The predicted octanol–water partition coefficient (Wildman–Crippen LogP) is 4.19. The molecule has 2 aromatic carbocycles. The Kier molecular flexibility index (Phi) is 5.57. The molecule has 1 aromatic heterocycles. The van der Waals surface area contributed by atoms with Gasteiger partial charge in [0.1, 0.15) is 23.1 Å². The fourth-order valence-corrected chi connectivity index (χ4v) is 4.42. The summed E-state index contributed by atoms with van der Waals surface area (Å²) in [6.45, 7) is 2.17. The lowest BCUT2D eigenvalue weighted by Crippen LogP contribution is -2.33. The topological polar surface area (TPSA) is 90.3 Å². The number of hydrogen-bond donors (Lipinski definition) is 1. The van der Waals surface area contributed by atoms with Crippen molar-refractivity contribution in [3.63, 3.8) is 0 Å². The molecule has 1 atom stereocenters. The Hall–Kier alpha value is -3.50. The summed E-state index contributed by atoms with van der Waals surface area (Å²) in [7, 11) is 1.60. The zero-order chi connectivity index (χ0) is 22.1. The van der Waals surface area contributed by atoms with Gasteiger partial charge in [-0.05, 0) is 24.6 Å². The van der Waals surface area contributed by atoms with Gasteiger partial charge in [-0.15, -0.1) is 0 Å². The summed E-state index contributed by atoms with van der Waals surface area (Å²) < 4.78 is 13.6. The third-order valence-corrected chi connectivity index (χ3v) is 6.15. The molecule has 4 rings (SSSR count). The SMILES string of the molecule is COc1ccccc1Cn1c(C)cc2c(c1=O)[C@@H](c1ccccc1Br)C(C#N)=C(N)O2. The van der Waals surface area contributed by atoms with Crippen LogP contribution in [-0.2, 0) is 6.54 Å². The van der Waals surface area contributed by atoms with E-state index in [1.807, 2.05) is 55.5 Å². The third-order valence-electron chi connectivity index (χ3n) is 5.43. The lowest BCUT2D eigenvalue weighted by molar-refractivity contribution is 0.388. The Bertz CT molecular complexity index is 1300. The largest absolute Gasteiger partial charge is 0.496 e. The zero-order valence-corrected chi connectivity index (χ0v) is 18.6. The van der Waals surface area contributed by atoms with Crippen molar-refractivity contribution >= 4 is 15.9 Å². The van der Waals surface area contributed by atoms with Crippen LogP contribution < -0.4 is 20.8 Å². The van der Waals surface area contributed by atoms with Gasteiger partial charge >= 0.3 is 0 Å². The molecular weight excluding hydrogens is 458 g/mol. The molecule has 1 aliphatic heterocycles. The Morgan fingerprint density at radius 3 is 2.65 bits per heavy atom. The minimum absolute atomic E-state index is 0.0111. The molecule has 31 heavy (non-hydrogen) atoms. The van der Waals surface area contributed by atoms with E-state index in [1.54, 1.807) is 17.7 Å². The van der Waals surface area contributed by atoms with Gasteiger partial charge in [0.15, 0.2) is 0 Å². The van der Waals surface area contributed by atoms with Crippen molar-refractivity contribution in [1.29, 1.82) is 5.26 Å². The fourth-order valence-electron chi connectivity index (χ4n) is 3.91. The van der Waals surface area contributed by atoms with Crippen molar-refractivity contribution in [2.45, 2.75) is 19.4 Å². The molecule has 2 heterocycles. The van der Waals surface area contributed by atoms with Crippen LogP contribution in [0.5, 0.6) is 11.5 Å². The minimum Gasteiger partial charge on any atom is -0.496 e. The Balaban J connectivity index is 1.95. The number of fused-ring (bicyclic) bond motifs is 1. The van der Waals surface area contributed by atoms with Gasteiger partial charge in [-0.1, -0.05) is 52.3 Å². The highest BCUT2D eigenvalue weighted by atomic mass is 79.9. The smallest absolute Gasteiger partial charge is 0.259 e. The second-order valence-corrected chi connectivity index (χ2v) is 8.07. The number of aryl methyl sites for hydroxylation is 1. The molecule has 0 amide bonds. The van der Waals surface area contributed by atoms with Gasteiger partial charge in [-0.25, -0.2) is 0 Å². The Morgan fingerprint density at radius 2 is 1.94 bits per heavy atom. The maximum atomic E-state index is 13.8. The van der Waals surface area contributed by atoms with Crippen LogP contribution in [0.25, 0.3) is 0 Å². The number of nitrogens with two attached hydrogens (primary N) is 1. The second kappa shape index (κ2) is 8.32. The first-order chi connectivity index (χ1) is 15.0. The summed E-state index contributed by atoms with van der Waals surface area (Å²) in [6.07, 6.45) is 0. The van der Waals surface area contributed by atoms with Gasteiger partial charge in [0.2, 0.25) is 5.88 Å². The van der Waals surface area contributed by atoms with Crippen molar-refractivity contribution in [3.8, 4) is 17.6 Å². The van der Waals surface area contributed by atoms with Gasteiger partial charge in [-0.3, -0.25) is 4.79 Å². The maximum Gasteiger partial charge on any atom is 0.259 e. The van der Waals surface area contributed by atoms with Crippen LogP contribution in [0.4, 0.5) is 0 Å². The molecule has 0 radical (unpaired) electrons. The summed E-state index contributed by atoms with van der Waals surface area (Å²) >= 11 is 3.55. The molecule has 0 spiro atoms. The van der Waals surface area contributed by atoms with Crippen molar-refractivity contribution in [3.05, 3.63) is 103 Å². The number of allylic oxidation sites excluding steroid dienone is 1. The first kappa shape index (κ1) is 20.8. The van der Waals surface area contributed by atoms with Crippen molar-refractivity contribution in [2.75, 3.05) is 7.11 Å². The molecule has 156 valence electrons. The van der Waals surface area contributed by atoms with Gasteiger partial charge in [0, 0.05) is 21.8 Å². The number of methoxy groups -OCH3 is 1. The first-order valence-electron chi connectivity index (χ1n) is 9.64. The van der Waals surface area contributed by atoms with Gasteiger partial charge in [0.05, 0.1) is 25.1 Å². The van der Waals surface area contributed by atoms with E-state index in [0.29, 0.717) is 29.3 Å². The van der Waals surface area contributed by atoms with Crippen LogP contribution in [0.1, 0.15) is 28.3 Å². The van der Waals surface area contributed by atoms with Crippen molar-refractivity contribution < 1.29 is 9.47 Å². The minimum atomic E-state index is -0.638. The number of para-hydroxylation sites is 1. The normalized spacial score (nSPS) is 15.1. The zero-order valence-electron chi connectivity index (χ0n) is 17.1. The molecule has 0 bridgehead atoms. The molecule has 1 aliphatic rings. The first-order valence-corrected chi connectivity index (χ1v) is 10.4. The second-order valence-electron chi connectivity index (χ2n) is 7.21. The Morgan fingerprint density at radius 1 is 1.23 bits per heavy atom. The molecule has 0 fully saturated rings. The lowest BCUT2D eigenvalue weighted by Gasteiger charge is -2.28. The van der Waals surface area contributed by atoms with E-state index in [-0.39, 0.29) is 17.0 Å². The number of nitriles is 1. The number of rotatable bonds is 4. The van der Waals surface area contributed by atoms with Crippen LogP contribution in [0.2, 0.25) is 0 Å². The summed E-state index contributed by atoms with van der Waals surface area (Å²) in [5.41, 5.74) is 8.81. The number of ether oxygens (including phenoxy) is 2. The summed E-state index contributed by atoms with van der Waals surface area (Å²) in [5, 5.41) is 9.82. The van der Waals surface area contributed by atoms with Crippen LogP contribution in [0, 0.1) is 18.3 Å². The quantitative estimate of drug-likeness (QED) is 0.607.